The predicted octanol–water partition coefficient (Wildman–Crippen LogP) is 4.03. The first-order valence-electron chi connectivity index (χ1n) is 12.4. The first kappa shape index (κ1) is 31.9. The second kappa shape index (κ2) is 15.9. The molecule has 208 valence electrons. The van der Waals surface area contributed by atoms with Gasteiger partial charge in [0.05, 0.1) is 31.1 Å². The van der Waals surface area contributed by atoms with Crippen LogP contribution in [-0.4, -0.2) is 70.9 Å². The van der Waals surface area contributed by atoms with Gasteiger partial charge >= 0.3 is 27.7 Å². The third kappa shape index (κ3) is 8.84. The fraction of sp³-hybridized carbons (Fsp3) is 0.536. The second-order valence-electron chi connectivity index (χ2n) is 9.74. The zero-order valence-corrected chi connectivity index (χ0v) is 24.0. The molecule has 1 aliphatic rings. The van der Waals surface area contributed by atoms with Gasteiger partial charge < -0.3 is 34.9 Å². The molecule has 0 aromatic heterocycles. The van der Waals surface area contributed by atoms with Crippen molar-refractivity contribution in [3.05, 3.63) is 59.2 Å². The molecule has 3 rings (SSSR count). The zero-order chi connectivity index (χ0) is 27.5. The molecule has 0 heterocycles. The molecule has 7 nitrogen and oxygen atoms in total. The Hall–Kier alpha value is -1.34. The molecule has 0 amide bonds. The van der Waals surface area contributed by atoms with E-state index < -0.39 is 30.3 Å². The minimum atomic E-state index is -1.35. The molecule has 0 saturated heterocycles. The Morgan fingerprint density at radius 2 is 1.65 bits per heavy atom. The number of aliphatic hydroxyl groups excluding tert-OH is 4. The fourth-order valence-corrected chi connectivity index (χ4v) is 4.37. The summed E-state index contributed by atoms with van der Waals surface area (Å²) < 4.78 is 11.4. The molecule has 37 heavy (non-hydrogen) atoms. The number of ether oxygens (including phenoxy) is 2. The number of benzene rings is 2. The van der Waals surface area contributed by atoms with Crippen LogP contribution in [0.3, 0.4) is 0 Å². The third-order valence-corrected chi connectivity index (χ3v) is 6.50. The summed E-state index contributed by atoms with van der Waals surface area (Å²) in [7, 11) is 4.49. The van der Waals surface area contributed by atoms with Gasteiger partial charge in [0.15, 0.2) is 0 Å². The number of aliphatic imine (C=N–C) groups is 1. The van der Waals surface area contributed by atoms with Crippen LogP contribution in [-0.2, 0) is 22.9 Å². The van der Waals surface area contributed by atoms with E-state index in [1.54, 1.807) is 6.07 Å². The molecule has 4 N–H and O–H groups in total. The van der Waals surface area contributed by atoms with Gasteiger partial charge in [0.25, 0.3) is 0 Å². The maximum absolute atomic E-state index is 10.1. The van der Waals surface area contributed by atoms with Crippen LogP contribution >= 0.6 is 9.53 Å². The summed E-state index contributed by atoms with van der Waals surface area (Å²) in [6.07, 6.45) is -2.32. The molecule has 1 saturated carbocycles. The summed E-state index contributed by atoms with van der Waals surface area (Å²) in [6, 6.07) is 15.0. The van der Waals surface area contributed by atoms with Gasteiger partial charge in [-0.25, -0.2) is 0 Å². The van der Waals surface area contributed by atoms with Crippen LogP contribution in [0.4, 0.5) is 5.69 Å². The molecule has 1 fully saturated rings. The molecule has 2 aromatic carbocycles. The van der Waals surface area contributed by atoms with E-state index in [9.17, 15) is 20.4 Å². The topological polar surface area (TPSA) is 112 Å². The van der Waals surface area contributed by atoms with E-state index in [2.05, 4.69) is 79.7 Å². The summed E-state index contributed by atoms with van der Waals surface area (Å²) in [4.78, 5) is 4.81. The SMILES string of the molecule is CC(C)c1cccc(C(C)C)c1N=Cc1[c-]cc(OCCO[C@H]2CC(CO)[C@@H](O)[C@H](O)C2O)cc1.[Cl][Pd+]. The number of nitrogens with zero attached hydrogens (tertiary/aromatic N) is 1. The van der Waals surface area contributed by atoms with Crippen molar-refractivity contribution in [1.29, 1.82) is 0 Å². The van der Waals surface area contributed by atoms with Crippen LogP contribution in [0.1, 0.15) is 62.6 Å². The normalized spacial score (nSPS) is 23.9. The van der Waals surface area contributed by atoms with Crippen molar-refractivity contribution >= 4 is 21.4 Å². The van der Waals surface area contributed by atoms with Gasteiger partial charge in [-0.1, -0.05) is 45.9 Å². The van der Waals surface area contributed by atoms with Crippen molar-refractivity contribution in [2.24, 2.45) is 10.9 Å². The summed E-state index contributed by atoms with van der Waals surface area (Å²) >= 11 is 2.22. The number of rotatable bonds is 10. The number of hydrogen-bond donors (Lipinski definition) is 4. The van der Waals surface area contributed by atoms with E-state index in [1.807, 2.05) is 18.3 Å². The van der Waals surface area contributed by atoms with E-state index in [-0.39, 0.29) is 26.2 Å². The standard InChI is InChI=1S/C28H38NO6.ClH.Pd/c1-17(2)22-6-5-7-23(18(3)4)25(22)29-15-19-8-10-21(11-9-19)34-12-13-35-24-14-20(16-30)26(31)28(33)27(24)32;;/h5-8,10-11,15,17-18,20,24,26-28,30-33H,12-14,16H2,1-4H3;1H;/q-1;;+2/p-1/t20?,24-,26+,27?,28-;;/m0../s1. The number of halogens is 1. The quantitative estimate of drug-likeness (QED) is 0.137. The first-order chi connectivity index (χ1) is 17.7. The molecule has 2 unspecified atom stereocenters. The van der Waals surface area contributed by atoms with Crippen molar-refractivity contribution in [2.75, 3.05) is 19.8 Å². The van der Waals surface area contributed by atoms with Crippen LogP contribution in [0, 0.1) is 12.0 Å². The van der Waals surface area contributed by atoms with E-state index >= 15 is 0 Å². The van der Waals surface area contributed by atoms with Crippen LogP contribution in [0.5, 0.6) is 5.75 Å². The molecule has 5 atom stereocenters. The Labute approximate surface area is 234 Å². The second-order valence-corrected chi connectivity index (χ2v) is 9.74. The molecular formula is C28H38ClNO6Pd. The van der Waals surface area contributed by atoms with Crippen molar-refractivity contribution in [2.45, 2.75) is 70.4 Å². The molecule has 2 aromatic rings. The average Bonchev–Trinajstić information content (AvgIpc) is 2.91. The van der Waals surface area contributed by atoms with Crippen LogP contribution in [0.2, 0.25) is 0 Å². The molecule has 9 heteroatoms. The van der Waals surface area contributed by atoms with Crippen LogP contribution in [0.25, 0.3) is 0 Å². The van der Waals surface area contributed by atoms with Gasteiger partial charge in [0.1, 0.15) is 12.2 Å². The Bertz CT molecular complexity index is 943. The predicted molar refractivity (Wildman–Crippen MR) is 141 cm³/mol. The molecule has 1 aliphatic carbocycles. The van der Waals surface area contributed by atoms with Crippen molar-refractivity contribution < 1.29 is 48.1 Å². The average molecular weight is 626 g/mol. The summed E-state index contributed by atoms with van der Waals surface area (Å²) in [5.41, 5.74) is 4.31. The van der Waals surface area contributed by atoms with E-state index in [4.69, 9.17) is 14.5 Å². The van der Waals surface area contributed by atoms with E-state index in [0.29, 0.717) is 17.6 Å². The summed E-state index contributed by atoms with van der Waals surface area (Å²) in [5, 5.41) is 39.3. The van der Waals surface area contributed by atoms with Crippen molar-refractivity contribution in [3.8, 4) is 5.75 Å². The Balaban J connectivity index is 0.00000235. The number of hydrogen-bond acceptors (Lipinski definition) is 7. The van der Waals surface area contributed by atoms with Crippen LogP contribution < -0.4 is 4.74 Å². The van der Waals surface area contributed by atoms with Gasteiger partial charge in [-0.15, -0.1) is 29.8 Å². The minimum absolute atomic E-state index is 0.190. The fourth-order valence-electron chi connectivity index (χ4n) is 4.37. The molecule has 0 spiro atoms. The molecule has 0 radical (unpaired) electrons. The van der Waals surface area contributed by atoms with Gasteiger partial charge in [-0.05, 0) is 35.6 Å². The third-order valence-electron chi connectivity index (χ3n) is 6.50. The van der Waals surface area contributed by atoms with Crippen molar-refractivity contribution in [1.82, 2.24) is 0 Å². The monoisotopic (exact) mass is 625 g/mol. The maximum atomic E-state index is 10.1. The molecule has 0 aliphatic heterocycles. The Morgan fingerprint density at radius 1 is 1.00 bits per heavy atom. The van der Waals surface area contributed by atoms with Crippen molar-refractivity contribution in [3.63, 3.8) is 0 Å². The first-order valence-corrected chi connectivity index (χ1v) is 14.4. The number of para-hydroxylation sites is 1. The Kier molecular flexibility index (Phi) is 13.7. The van der Waals surface area contributed by atoms with E-state index in [1.165, 1.54) is 11.1 Å². The van der Waals surface area contributed by atoms with Crippen LogP contribution in [0.15, 0.2) is 41.4 Å². The zero-order valence-electron chi connectivity index (χ0n) is 21.7. The molecule has 0 bridgehead atoms. The summed E-state index contributed by atoms with van der Waals surface area (Å²) in [5.74, 6) is 0.845. The molecular weight excluding hydrogens is 588 g/mol. The Morgan fingerprint density at radius 3 is 2.19 bits per heavy atom. The van der Waals surface area contributed by atoms with E-state index in [0.717, 1.165) is 11.3 Å². The van der Waals surface area contributed by atoms with Gasteiger partial charge in [-0.2, -0.15) is 0 Å². The van der Waals surface area contributed by atoms with Gasteiger partial charge in [0.2, 0.25) is 0 Å². The summed E-state index contributed by atoms with van der Waals surface area (Å²) in [6.45, 7) is 8.84. The van der Waals surface area contributed by atoms with Gasteiger partial charge in [-0.3, -0.25) is 0 Å². The number of aliphatic hydroxyl groups is 4. The van der Waals surface area contributed by atoms with Gasteiger partial charge in [0, 0.05) is 18.3 Å².